The Morgan fingerprint density at radius 1 is 1.32 bits per heavy atom. The number of ether oxygens (including phenoxy) is 1. The van der Waals surface area contributed by atoms with Gasteiger partial charge in [0, 0.05) is 23.3 Å². The van der Waals surface area contributed by atoms with Crippen LogP contribution in [0.1, 0.15) is 17.2 Å². The third-order valence-corrected chi connectivity index (χ3v) is 4.26. The molecule has 2 aromatic carbocycles. The van der Waals surface area contributed by atoms with Crippen LogP contribution in [0.4, 0.5) is 10.1 Å². The Labute approximate surface area is 147 Å². The quantitative estimate of drug-likeness (QED) is 0.476. The Bertz CT molecular complexity index is 830. The maximum Gasteiger partial charge on any atom is 0.270 e. The number of hydrogen-bond acceptors (Lipinski definition) is 4. The zero-order valence-corrected chi connectivity index (χ0v) is 13.8. The number of alkyl halides is 1. The molecule has 6 nitrogen and oxygen atoms in total. The molecular formula is C17H14ClFN2O4. The number of halogens is 2. The summed E-state index contributed by atoms with van der Waals surface area (Å²) in [6, 6.07) is 9.24. The van der Waals surface area contributed by atoms with E-state index in [1.165, 1.54) is 35.2 Å². The molecule has 0 fully saturated rings. The SMILES string of the molecule is O=C(CCl)N1CCOc2ccc([N+](=O)[O-])cc2C1c1ccccc1F. The number of carbonyl (C=O) groups excluding carboxylic acids is 1. The molecule has 0 saturated heterocycles. The van der Waals surface area contributed by atoms with E-state index in [1.54, 1.807) is 12.1 Å². The Morgan fingerprint density at radius 2 is 2.08 bits per heavy atom. The van der Waals surface area contributed by atoms with E-state index in [0.717, 1.165) is 0 Å². The summed E-state index contributed by atoms with van der Waals surface area (Å²) >= 11 is 5.71. The summed E-state index contributed by atoms with van der Waals surface area (Å²) in [5.41, 5.74) is 0.423. The van der Waals surface area contributed by atoms with Crippen LogP contribution in [0.25, 0.3) is 0 Å². The first-order valence-electron chi connectivity index (χ1n) is 7.54. The number of carbonyl (C=O) groups is 1. The van der Waals surface area contributed by atoms with Crippen LogP contribution in [0.15, 0.2) is 42.5 Å². The van der Waals surface area contributed by atoms with Crippen LogP contribution < -0.4 is 4.74 Å². The van der Waals surface area contributed by atoms with Crippen molar-refractivity contribution in [1.82, 2.24) is 4.90 Å². The third kappa shape index (κ3) is 3.28. The van der Waals surface area contributed by atoms with Crippen LogP contribution in [0.5, 0.6) is 5.75 Å². The molecule has 0 spiro atoms. The molecule has 0 saturated carbocycles. The molecule has 1 heterocycles. The number of non-ortho nitro benzene ring substituents is 1. The fraction of sp³-hybridized carbons (Fsp3) is 0.235. The van der Waals surface area contributed by atoms with Gasteiger partial charge in [-0.1, -0.05) is 18.2 Å². The lowest BCUT2D eigenvalue weighted by Crippen LogP contribution is -2.38. The predicted molar refractivity (Wildman–Crippen MR) is 89.3 cm³/mol. The van der Waals surface area contributed by atoms with Crippen molar-refractivity contribution in [2.45, 2.75) is 6.04 Å². The van der Waals surface area contributed by atoms with Gasteiger partial charge < -0.3 is 9.64 Å². The van der Waals surface area contributed by atoms with Gasteiger partial charge in [-0.3, -0.25) is 14.9 Å². The lowest BCUT2D eigenvalue weighted by Gasteiger charge is -2.30. The van der Waals surface area contributed by atoms with Crippen molar-refractivity contribution in [2.75, 3.05) is 19.0 Å². The van der Waals surface area contributed by atoms with Gasteiger partial charge in [-0.15, -0.1) is 11.6 Å². The number of benzene rings is 2. The van der Waals surface area contributed by atoms with Gasteiger partial charge in [-0.2, -0.15) is 0 Å². The molecule has 25 heavy (non-hydrogen) atoms. The Kier molecular flexibility index (Phi) is 4.85. The summed E-state index contributed by atoms with van der Waals surface area (Å²) < 4.78 is 20.1. The maximum atomic E-state index is 14.5. The molecule has 0 N–H and O–H groups in total. The van der Waals surface area contributed by atoms with Gasteiger partial charge in [0.2, 0.25) is 5.91 Å². The van der Waals surface area contributed by atoms with Crippen molar-refractivity contribution in [3.8, 4) is 5.75 Å². The largest absolute Gasteiger partial charge is 0.491 e. The van der Waals surface area contributed by atoms with E-state index in [2.05, 4.69) is 0 Å². The highest BCUT2D eigenvalue weighted by Crippen LogP contribution is 2.39. The molecule has 0 bridgehead atoms. The molecule has 0 radical (unpaired) electrons. The average Bonchev–Trinajstić information content (AvgIpc) is 2.80. The van der Waals surface area contributed by atoms with Gasteiger partial charge in [0.15, 0.2) is 0 Å². The molecule has 1 atom stereocenters. The van der Waals surface area contributed by atoms with Crippen molar-refractivity contribution in [3.05, 3.63) is 69.5 Å². The molecule has 0 aromatic heterocycles. The van der Waals surface area contributed by atoms with E-state index in [9.17, 15) is 19.3 Å². The van der Waals surface area contributed by atoms with Crippen molar-refractivity contribution in [1.29, 1.82) is 0 Å². The van der Waals surface area contributed by atoms with Crippen LogP contribution in [0, 0.1) is 15.9 Å². The number of nitro groups is 1. The second-order valence-corrected chi connectivity index (χ2v) is 5.74. The van der Waals surface area contributed by atoms with Crippen molar-refractivity contribution in [3.63, 3.8) is 0 Å². The molecule has 1 aliphatic rings. The topological polar surface area (TPSA) is 72.7 Å². The first-order valence-corrected chi connectivity index (χ1v) is 8.07. The van der Waals surface area contributed by atoms with Crippen molar-refractivity contribution in [2.24, 2.45) is 0 Å². The summed E-state index contributed by atoms with van der Waals surface area (Å²) in [6.45, 7) is 0.366. The number of rotatable bonds is 3. The second-order valence-electron chi connectivity index (χ2n) is 5.47. The average molecular weight is 365 g/mol. The minimum atomic E-state index is -0.857. The first-order chi connectivity index (χ1) is 12.0. The zero-order valence-electron chi connectivity index (χ0n) is 13.0. The van der Waals surface area contributed by atoms with Crippen LogP contribution >= 0.6 is 11.6 Å². The normalized spacial score (nSPS) is 16.6. The summed E-state index contributed by atoms with van der Waals surface area (Å²) in [5.74, 6) is -0.823. The van der Waals surface area contributed by atoms with Crippen LogP contribution in [-0.4, -0.2) is 34.8 Å². The maximum absolute atomic E-state index is 14.5. The highest BCUT2D eigenvalue weighted by atomic mass is 35.5. The summed E-state index contributed by atoms with van der Waals surface area (Å²) in [6.07, 6.45) is 0. The lowest BCUT2D eigenvalue weighted by atomic mass is 9.95. The predicted octanol–water partition coefficient (Wildman–Crippen LogP) is 3.28. The molecule has 1 unspecified atom stereocenters. The zero-order chi connectivity index (χ0) is 18.0. The standard InChI is InChI=1S/C17H14ClFN2O4/c18-10-16(22)20-7-8-25-15-6-5-11(21(23)24)9-13(15)17(20)12-3-1-2-4-14(12)19/h1-6,9,17H,7-8,10H2. The minimum absolute atomic E-state index is 0.163. The second kappa shape index (κ2) is 7.06. The fourth-order valence-corrected chi connectivity index (χ4v) is 3.08. The highest BCUT2D eigenvalue weighted by molar-refractivity contribution is 6.27. The van der Waals surface area contributed by atoms with Gasteiger partial charge in [0.1, 0.15) is 24.1 Å². The number of amides is 1. The third-order valence-electron chi connectivity index (χ3n) is 4.03. The number of fused-ring (bicyclic) bond motifs is 1. The number of nitrogens with zero attached hydrogens (tertiary/aromatic N) is 2. The van der Waals surface area contributed by atoms with Crippen molar-refractivity contribution < 1.29 is 18.8 Å². The molecule has 8 heteroatoms. The van der Waals surface area contributed by atoms with Gasteiger partial charge in [0.25, 0.3) is 5.69 Å². The molecule has 1 aliphatic heterocycles. The van der Waals surface area contributed by atoms with E-state index >= 15 is 0 Å². The van der Waals surface area contributed by atoms with Gasteiger partial charge in [0.05, 0.1) is 17.5 Å². The van der Waals surface area contributed by atoms with Crippen LogP contribution in [0.2, 0.25) is 0 Å². The molecular weight excluding hydrogens is 351 g/mol. The number of hydrogen-bond donors (Lipinski definition) is 0. The smallest absolute Gasteiger partial charge is 0.270 e. The molecule has 2 aromatic rings. The fourth-order valence-electron chi connectivity index (χ4n) is 2.92. The van der Waals surface area contributed by atoms with Crippen LogP contribution in [-0.2, 0) is 4.79 Å². The molecule has 1 amide bonds. The monoisotopic (exact) mass is 364 g/mol. The molecule has 3 rings (SSSR count). The molecule has 130 valence electrons. The minimum Gasteiger partial charge on any atom is -0.491 e. The van der Waals surface area contributed by atoms with E-state index in [0.29, 0.717) is 11.3 Å². The van der Waals surface area contributed by atoms with E-state index in [-0.39, 0.29) is 30.3 Å². The lowest BCUT2D eigenvalue weighted by molar-refractivity contribution is -0.385. The van der Waals surface area contributed by atoms with Crippen molar-refractivity contribution >= 4 is 23.2 Å². The first kappa shape index (κ1) is 17.2. The summed E-state index contributed by atoms with van der Waals surface area (Å²) in [7, 11) is 0. The summed E-state index contributed by atoms with van der Waals surface area (Å²) in [4.78, 5) is 24.3. The van der Waals surface area contributed by atoms with Crippen LogP contribution in [0.3, 0.4) is 0 Å². The van der Waals surface area contributed by atoms with E-state index < -0.39 is 22.7 Å². The van der Waals surface area contributed by atoms with E-state index in [1.807, 2.05) is 0 Å². The van der Waals surface area contributed by atoms with Gasteiger partial charge in [-0.05, 0) is 12.1 Å². The highest BCUT2D eigenvalue weighted by Gasteiger charge is 2.33. The van der Waals surface area contributed by atoms with Gasteiger partial charge in [-0.25, -0.2) is 4.39 Å². The Balaban J connectivity index is 2.23. The van der Waals surface area contributed by atoms with E-state index in [4.69, 9.17) is 16.3 Å². The Hall–Kier alpha value is -2.67. The summed E-state index contributed by atoms with van der Waals surface area (Å²) in [5, 5.41) is 11.1. The van der Waals surface area contributed by atoms with Gasteiger partial charge >= 0.3 is 0 Å². The number of nitro benzene ring substituents is 1. The molecule has 0 aliphatic carbocycles. The Morgan fingerprint density at radius 3 is 2.76 bits per heavy atom.